The lowest BCUT2D eigenvalue weighted by Gasteiger charge is -2.29. The fourth-order valence-electron chi connectivity index (χ4n) is 3.95. The standard InChI is InChI=1S/C26H41N5O6/c1-26(2,3)37-25(35)31-15-9-12-20(31)16-29-21(23(33)30-17-22(27)32)13-7-8-14-28-24(34)36-18-19-10-5-4-6-11-19/h4-6,10-11,20-21,29H,7-9,12-18H2,1-3H3,(H2,27,32)(H,28,34)(H,30,33). The van der Waals surface area contributed by atoms with Crippen molar-refractivity contribution in [2.75, 3.05) is 26.2 Å². The Bertz CT molecular complexity index is 889. The van der Waals surface area contributed by atoms with E-state index in [1.54, 1.807) is 4.90 Å². The molecule has 2 rings (SSSR count). The van der Waals surface area contributed by atoms with Crippen molar-refractivity contribution in [2.45, 2.75) is 77.2 Å². The van der Waals surface area contributed by atoms with Gasteiger partial charge in [0.1, 0.15) is 12.2 Å². The highest BCUT2D eigenvalue weighted by Gasteiger charge is 2.33. The normalized spacial score (nSPS) is 16.1. The van der Waals surface area contributed by atoms with Crippen LogP contribution in [0.2, 0.25) is 0 Å². The van der Waals surface area contributed by atoms with E-state index in [9.17, 15) is 19.2 Å². The van der Waals surface area contributed by atoms with Crippen LogP contribution in [0.4, 0.5) is 9.59 Å². The predicted molar refractivity (Wildman–Crippen MR) is 138 cm³/mol. The number of rotatable bonds is 13. The lowest BCUT2D eigenvalue weighted by Crippen LogP contribution is -2.51. The van der Waals surface area contributed by atoms with E-state index in [0.29, 0.717) is 38.9 Å². The molecule has 1 fully saturated rings. The van der Waals surface area contributed by atoms with Crippen molar-refractivity contribution < 1.29 is 28.7 Å². The van der Waals surface area contributed by atoms with Crippen molar-refractivity contribution in [1.82, 2.24) is 20.9 Å². The van der Waals surface area contributed by atoms with Crippen molar-refractivity contribution in [2.24, 2.45) is 5.73 Å². The van der Waals surface area contributed by atoms with Gasteiger partial charge in [0.2, 0.25) is 11.8 Å². The number of carbonyl (C=O) groups excluding carboxylic acids is 4. The third kappa shape index (κ3) is 12.0. The van der Waals surface area contributed by atoms with Gasteiger partial charge < -0.3 is 36.1 Å². The highest BCUT2D eigenvalue weighted by molar-refractivity contribution is 5.86. The van der Waals surface area contributed by atoms with Crippen LogP contribution >= 0.6 is 0 Å². The van der Waals surface area contributed by atoms with Crippen LogP contribution in [0.5, 0.6) is 0 Å². The van der Waals surface area contributed by atoms with Gasteiger partial charge in [0.15, 0.2) is 0 Å². The molecule has 37 heavy (non-hydrogen) atoms. The second kappa shape index (κ2) is 15.0. The molecule has 4 amide bonds. The van der Waals surface area contributed by atoms with E-state index in [1.165, 1.54) is 0 Å². The third-order valence-corrected chi connectivity index (χ3v) is 5.76. The van der Waals surface area contributed by atoms with Crippen molar-refractivity contribution in [3.8, 4) is 0 Å². The van der Waals surface area contributed by atoms with Crippen molar-refractivity contribution in [1.29, 1.82) is 0 Å². The molecule has 206 valence electrons. The highest BCUT2D eigenvalue weighted by atomic mass is 16.6. The number of nitrogens with zero attached hydrogens (tertiary/aromatic N) is 1. The largest absolute Gasteiger partial charge is 0.445 e. The molecule has 1 aliphatic heterocycles. The van der Waals surface area contributed by atoms with Gasteiger partial charge in [-0.1, -0.05) is 30.3 Å². The number of nitrogens with one attached hydrogen (secondary N) is 3. The Kier molecular flexibility index (Phi) is 12.1. The summed E-state index contributed by atoms with van der Waals surface area (Å²) in [4.78, 5) is 49.9. The molecule has 5 N–H and O–H groups in total. The maximum Gasteiger partial charge on any atom is 0.410 e. The minimum Gasteiger partial charge on any atom is -0.445 e. The van der Waals surface area contributed by atoms with Crippen LogP contribution in [-0.2, 0) is 25.7 Å². The molecule has 1 aromatic rings. The first-order chi connectivity index (χ1) is 17.5. The summed E-state index contributed by atoms with van der Waals surface area (Å²) in [5.74, 6) is -0.965. The van der Waals surface area contributed by atoms with Gasteiger partial charge in [-0.15, -0.1) is 0 Å². The van der Waals surface area contributed by atoms with Gasteiger partial charge in [0, 0.05) is 25.7 Å². The molecule has 0 aromatic heterocycles. The lowest BCUT2D eigenvalue weighted by molar-refractivity contribution is -0.126. The van der Waals surface area contributed by atoms with Crippen LogP contribution in [0.3, 0.4) is 0 Å². The van der Waals surface area contributed by atoms with Gasteiger partial charge in [-0.3, -0.25) is 9.59 Å². The van der Waals surface area contributed by atoms with E-state index in [2.05, 4.69) is 16.0 Å². The van der Waals surface area contributed by atoms with Gasteiger partial charge in [0.25, 0.3) is 0 Å². The number of hydrogen-bond acceptors (Lipinski definition) is 7. The Hall–Kier alpha value is -3.34. The Balaban J connectivity index is 1.78. The van der Waals surface area contributed by atoms with Gasteiger partial charge >= 0.3 is 12.2 Å². The Morgan fingerprint density at radius 2 is 1.84 bits per heavy atom. The summed E-state index contributed by atoms with van der Waals surface area (Å²) in [6, 6.07) is 8.73. The highest BCUT2D eigenvalue weighted by Crippen LogP contribution is 2.20. The maximum atomic E-state index is 12.7. The molecule has 1 aromatic carbocycles. The molecule has 2 unspecified atom stereocenters. The maximum absolute atomic E-state index is 12.7. The molecule has 0 aliphatic carbocycles. The molecule has 1 saturated heterocycles. The topological polar surface area (TPSA) is 152 Å². The quantitative estimate of drug-likeness (QED) is 0.291. The number of ether oxygens (including phenoxy) is 2. The van der Waals surface area contributed by atoms with Crippen LogP contribution in [0, 0.1) is 0 Å². The first-order valence-corrected chi connectivity index (χ1v) is 12.8. The van der Waals surface area contributed by atoms with Crippen LogP contribution in [0.25, 0.3) is 0 Å². The number of unbranched alkanes of at least 4 members (excludes halogenated alkanes) is 1. The molecular formula is C26H41N5O6. The average molecular weight is 520 g/mol. The molecule has 0 radical (unpaired) electrons. The zero-order valence-electron chi connectivity index (χ0n) is 22.1. The summed E-state index contributed by atoms with van der Waals surface area (Å²) >= 11 is 0. The van der Waals surface area contributed by atoms with Gasteiger partial charge in [-0.25, -0.2) is 9.59 Å². The monoisotopic (exact) mass is 519 g/mol. The number of nitrogens with two attached hydrogens (primary N) is 1. The predicted octanol–water partition coefficient (Wildman–Crippen LogP) is 2.04. The molecule has 11 heteroatoms. The van der Waals surface area contributed by atoms with Gasteiger partial charge in [-0.2, -0.15) is 0 Å². The average Bonchev–Trinajstić information content (AvgIpc) is 3.31. The second-order valence-corrected chi connectivity index (χ2v) is 10.1. The first kappa shape index (κ1) is 29.9. The third-order valence-electron chi connectivity index (χ3n) is 5.76. The van der Waals surface area contributed by atoms with Crippen LogP contribution in [0.15, 0.2) is 30.3 Å². The van der Waals surface area contributed by atoms with Gasteiger partial charge in [0.05, 0.1) is 12.6 Å². The molecule has 0 bridgehead atoms. The number of primary amides is 1. The zero-order chi connectivity index (χ0) is 27.3. The van der Waals surface area contributed by atoms with Crippen molar-refractivity contribution in [3.05, 3.63) is 35.9 Å². The van der Waals surface area contributed by atoms with E-state index < -0.39 is 23.6 Å². The second-order valence-electron chi connectivity index (χ2n) is 10.1. The van der Waals surface area contributed by atoms with Crippen molar-refractivity contribution >= 4 is 24.0 Å². The Morgan fingerprint density at radius 1 is 1.11 bits per heavy atom. The summed E-state index contributed by atoms with van der Waals surface area (Å²) in [7, 11) is 0. The zero-order valence-corrected chi connectivity index (χ0v) is 22.1. The number of likely N-dealkylation sites (tertiary alicyclic amines) is 1. The van der Waals surface area contributed by atoms with E-state index in [-0.39, 0.29) is 31.2 Å². The van der Waals surface area contributed by atoms with Crippen molar-refractivity contribution in [3.63, 3.8) is 0 Å². The summed E-state index contributed by atoms with van der Waals surface area (Å²) in [5, 5.41) is 8.50. The number of benzene rings is 1. The number of carbonyl (C=O) groups is 4. The molecule has 0 spiro atoms. The molecular weight excluding hydrogens is 478 g/mol. The lowest BCUT2D eigenvalue weighted by atomic mass is 10.1. The SMILES string of the molecule is CC(C)(C)OC(=O)N1CCCC1CNC(CCCCNC(=O)OCc1ccccc1)C(=O)NCC(N)=O. The molecule has 2 atom stereocenters. The molecule has 11 nitrogen and oxygen atoms in total. The van der Waals surface area contributed by atoms with Crippen LogP contribution in [0.1, 0.15) is 58.4 Å². The summed E-state index contributed by atoms with van der Waals surface area (Å²) in [6.07, 6.45) is 2.55. The fraction of sp³-hybridized carbons (Fsp3) is 0.615. The van der Waals surface area contributed by atoms with Crippen LogP contribution < -0.4 is 21.7 Å². The Morgan fingerprint density at radius 3 is 2.51 bits per heavy atom. The fourth-order valence-corrected chi connectivity index (χ4v) is 3.95. The smallest absolute Gasteiger partial charge is 0.410 e. The Labute approximate surface area is 218 Å². The summed E-state index contributed by atoms with van der Waals surface area (Å²) in [5.41, 5.74) is 5.48. The molecule has 1 aliphatic rings. The first-order valence-electron chi connectivity index (χ1n) is 12.8. The minimum atomic E-state index is -0.628. The number of hydrogen-bond donors (Lipinski definition) is 4. The summed E-state index contributed by atoms with van der Waals surface area (Å²) < 4.78 is 10.7. The van der Waals surface area contributed by atoms with E-state index >= 15 is 0 Å². The molecule has 1 heterocycles. The van der Waals surface area contributed by atoms with E-state index in [1.807, 2.05) is 51.1 Å². The summed E-state index contributed by atoms with van der Waals surface area (Å²) in [6.45, 7) is 6.84. The van der Waals surface area contributed by atoms with Gasteiger partial charge in [-0.05, 0) is 58.4 Å². The van der Waals surface area contributed by atoms with E-state index in [4.69, 9.17) is 15.2 Å². The van der Waals surface area contributed by atoms with Crippen LogP contribution in [-0.4, -0.2) is 72.8 Å². The molecule has 0 saturated carbocycles. The van der Waals surface area contributed by atoms with E-state index in [0.717, 1.165) is 18.4 Å². The number of alkyl carbamates (subject to hydrolysis) is 1. The minimum absolute atomic E-state index is 0.0951. The number of amides is 4.